The van der Waals surface area contributed by atoms with Crippen LogP contribution in [0, 0.1) is 0 Å². The van der Waals surface area contributed by atoms with Gasteiger partial charge in [-0.2, -0.15) is 9.97 Å². The maximum atomic E-state index is 13.2. The quantitative estimate of drug-likeness (QED) is 0.755. The van der Waals surface area contributed by atoms with Gasteiger partial charge < -0.3 is 9.47 Å². The molecule has 0 aliphatic carbocycles. The summed E-state index contributed by atoms with van der Waals surface area (Å²) >= 11 is 5.89. The zero-order valence-corrected chi connectivity index (χ0v) is 11.0. The van der Waals surface area contributed by atoms with Crippen LogP contribution in [0.3, 0.4) is 0 Å². The van der Waals surface area contributed by atoms with Gasteiger partial charge in [-0.25, -0.2) is 13.8 Å². The molecule has 0 bridgehead atoms. The van der Waals surface area contributed by atoms with Crippen LogP contribution in [-0.2, 0) is 7.05 Å². The Balaban J connectivity index is 2.01. The lowest BCUT2D eigenvalue weighted by Gasteiger charge is -2.32. The van der Waals surface area contributed by atoms with E-state index in [4.69, 9.17) is 11.6 Å². The minimum absolute atomic E-state index is 0.100. The third-order valence-corrected chi connectivity index (χ3v) is 3.48. The van der Waals surface area contributed by atoms with Crippen LogP contribution in [0.1, 0.15) is 12.8 Å². The highest BCUT2D eigenvalue weighted by Gasteiger charge is 2.35. The van der Waals surface area contributed by atoms with Gasteiger partial charge in [0.05, 0.1) is 6.33 Å². The van der Waals surface area contributed by atoms with E-state index >= 15 is 0 Å². The van der Waals surface area contributed by atoms with Gasteiger partial charge in [-0.1, -0.05) is 0 Å². The molecule has 8 heteroatoms. The molecule has 1 fully saturated rings. The molecule has 0 spiro atoms. The second-order valence-electron chi connectivity index (χ2n) is 4.69. The molecule has 2 aromatic heterocycles. The lowest BCUT2D eigenvalue weighted by Crippen LogP contribution is -2.40. The number of halogens is 3. The summed E-state index contributed by atoms with van der Waals surface area (Å²) in [5, 5.41) is 0.100. The van der Waals surface area contributed by atoms with Gasteiger partial charge >= 0.3 is 0 Å². The number of aromatic nitrogens is 4. The van der Waals surface area contributed by atoms with E-state index in [2.05, 4.69) is 15.0 Å². The Morgan fingerprint density at radius 3 is 2.63 bits per heavy atom. The number of fused-ring (bicyclic) bond motifs is 1. The van der Waals surface area contributed by atoms with Crippen molar-refractivity contribution in [1.82, 2.24) is 19.5 Å². The Morgan fingerprint density at radius 1 is 1.26 bits per heavy atom. The van der Waals surface area contributed by atoms with Crippen molar-refractivity contribution in [3.05, 3.63) is 11.6 Å². The number of hydrogen-bond acceptors (Lipinski definition) is 4. The first-order chi connectivity index (χ1) is 8.96. The molecule has 0 amide bonds. The van der Waals surface area contributed by atoms with Crippen LogP contribution in [0.5, 0.6) is 0 Å². The molecule has 0 atom stereocenters. The zero-order chi connectivity index (χ0) is 13.6. The fraction of sp³-hybridized carbons (Fsp3) is 0.545. The van der Waals surface area contributed by atoms with E-state index in [1.165, 1.54) is 0 Å². The van der Waals surface area contributed by atoms with E-state index in [1.54, 1.807) is 22.8 Å². The molecule has 19 heavy (non-hydrogen) atoms. The molecule has 1 saturated heterocycles. The van der Waals surface area contributed by atoms with Gasteiger partial charge in [0.1, 0.15) is 0 Å². The molecule has 5 nitrogen and oxygen atoms in total. The van der Waals surface area contributed by atoms with Crippen LogP contribution >= 0.6 is 11.6 Å². The zero-order valence-electron chi connectivity index (χ0n) is 10.3. The van der Waals surface area contributed by atoms with Crippen molar-refractivity contribution in [2.75, 3.05) is 18.0 Å². The molecule has 0 aromatic carbocycles. The minimum atomic E-state index is -2.59. The van der Waals surface area contributed by atoms with Crippen molar-refractivity contribution in [3.63, 3.8) is 0 Å². The highest BCUT2D eigenvalue weighted by molar-refractivity contribution is 6.28. The molecule has 3 rings (SSSR count). The number of rotatable bonds is 1. The molecule has 3 heterocycles. The molecule has 0 radical (unpaired) electrons. The number of aryl methyl sites for hydroxylation is 1. The molecular formula is C11H12ClF2N5. The van der Waals surface area contributed by atoms with Gasteiger partial charge in [-0.05, 0) is 11.6 Å². The maximum Gasteiger partial charge on any atom is 0.251 e. The SMILES string of the molecule is Cn1cnc2c(N3CCC(F)(F)CC3)nc(Cl)nc21. The molecule has 1 aliphatic rings. The van der Waals surface area contributed by atoms with Gasteiger partial charge in [-0.15, -0.1) is 0 Å². The normalized spacial score (nSPS) is 19.1. The van der Waals surface area contributed by atoms with Crippen LogP contribution in [0.25, 0.3) is 11.2 Å². The van der Waals surface area contributed by atoms with E-state index in [0.717, 1.165) is 0 Å². The van der Waals surface area contributed by atoms with Crippen LogP contribution < -0.4 is 4.90 Å². The third-order valence-electron chi connectivity index (χ3n) is 3.31. The third kappa shape index (κ3) is 2.22. The molecule has 1 aliphatic heterocycles. The predicted molar refractivity (Wildman–Crippen MR) is 67.7 cm³/mol. The minimum Gasteiger partial charge on any atom is -0.354 e. The summed E-state index contributed by atoms with van der Waals surface area (Å²) in [7, 11) is 1.80. The fourth-order valence-corrected chi connectivity index (χ4v) is 2.39. The topological polar surface area (TPSA) is 46.8 Å². The monoisotopic (exact) mass is 287 g/mol. The lowest BCUT2D eigenvalue weighted by atomic mass is 10.1. The van der Waals surface area contributed by atoms with Crippen molar-refractivity contribution in [1.29, 1.82) is 0 Å². The van der Waals surface area contributed by atoms with E-state index < -0.39 is 5.92 Å². The predicted octanol–water partition coefficient (Wildman–Crippen LogP) is 2.25. The summed E-state index contributed by atoms with van der Waals surface area (Å²) in [6.07, 6.45) is 1.25. The Hall–Kier alpha value is -1.50. The summed E-state index contributed by atoms with van der Waals surface area (Å²) in [5.74, 6) is -2.05. The second kappa shape index (κ2) is 4.26. The number of hydrogen-bond donors (Lipinski definition) is 0. The number of imidazole rings is 1. The first-order valence-corrected chi connectivity index (χ1v) is 6.31. The highest BCUT2D eigenvalue weighted by Crippen LogP contribution is 2.32. The smallest absolute Gasteiger partial charge is 0.251 e. The van der Waals surface area contributed by atoms with Crippen LogP contribution in [0.2, 0.25) is 5.28 Å². The van der Waals surface area contributed by atoms with E-state index in [-0.39, 0.29) is 31.2 Å². The average molecular weight is 288 g/mol. The first kappa shape index (κ1) is 12.5. The van der Waals surface area contributed by atoms with E-state index in [9.17, 15) is 8.78 Å². The van der Waals surface area contributed by atoms with E-state index in [1.807, 2.05) is 0 Å². The average Bonchev–Trinajstić information content (AvgIpc) is 2.71. The summed E-state index contributed by atoms with van der Waals surface area (Å²) in [6, 6.07) is 0. The van der Waals surface area contributed by atoms with Crippen molar-refractivity contribution in [2.24, 2.45) is 7.05 Å². The van der Waals surface area contributed by atoms with Crippen LogP contribution in [0.15, 0.2) is 6.33 Å². The largest absolute Gasteiger partial charge is 0.354 e. The Bertz CT molecular complexity index is 617. The van der Waals surface area contributed by atoms with Gasteiger partial charge in [0.25, 0.3) is 5.92 Å². The van der Waals surface area contributed by atoms with Crippen molar-refractivity contribution in [2.45, 2.75) is 18.8 Å². The second-order valence-corrected chi connectivity index (χ2v) is 5.02. The van der Waals surface area contributed by atoms with Gasteiger partial charge in [0.15, 0.2) is 17.0 Å². The molecule has 0 N–H and O–H groups in total. The Kier molecular flexibility index (Phi) is 2.81. The molecule has 0 unspecified atom stereocenters. The standard InChI is InChI=1S/C11H12ClF2N5/c1-18-6-15-7-8(18)16-10(12)17-9(7)19-4-2-11(13,14)3-5-19/h6H,2-5H2,1H3. The molecule has 102 valence electrons. The molecule has 0 saturated carbocycles. The summed E-state index contributed by atoms with van der Waals surface area (Å²) < 4.78 is 28.1. The molecular weight excluding hydrogens is 276 g/mol. The number of piperidine rings is 1. The Labute approximate surface area is 113 Å². The van der Waals surface area contributed by atoms with Gasteiger partial charge in [0, 0.05) is 33.0 Å². The highest BCUT2D eigenvalue weighted by atomic mass is 35.5. The van der Waals surface area contributed by atoms with E-state index in [0.29, 0.717) is 17.0 Å². The van der Waals surface area contributed by atoms with Gasteiger partial charge in [-0.3, -0.25) is 0 Å². The number of alkyl halides is 2. The number of nitrogens with zero attached hydrogens (tertiary/aromatic N) is 5. The Morgan fingerprint density at radius 2 is 1.95 bits per heavy atom. The van der Waals surface area contributed by atoms with Gasteiger partial charge in [0.2, 0.25) is 5.28 Å². The van der Waals surface area contributed by atoms with Crippen molar-refractivity contribution in [3.8, 4) is 0 Å². The summed E-state index contributed by atoms with van der Waals surface area (Å²) in [4.78, 5) is 14.3. The number of anilines is 1. The molecule has 2 aromatic rings. The summed E-state index contributed by atoms with van der Waals surface area (Å²) in [6.45, 7) is 0.484. The first-order valence-electron chi connectivity index (χ1n) is 5.94. The lowest BCUT2D eigenvalue weighted by molar-refractivity contribution is -0.0221. The van der Waals surface area contributed by atoms with Crippen molar-refractivity contribution < 1.29 is 8.78 Å². The van der Waals surface area contributed by atoms with Crippen LogP contribution in [-0.4, -0.2) is 38.5 Å². The maximum absolute atomic E-state index is 13.2. The fourth-order valence-electron chi connectivity index (χ4n) is 2.23. The van der Waals surface area contributed by atoms with Crippen LogP contribution in [0.4, 0.5) is 14.6 Å². The van der Waals surface area contributed by atoms with Crippen molar-refractivity contribution >= 4 is 28.6 Å². The summed E-state index contributed by atoms with van der Waals surface area (Å²) in [5.41, 5.74) is 1.20.